The number of halogens is 1. The molecule has 4 aromatic rings. The molecule has 36 heavy (non-hydrogen) atoms. The van der Waals surface area contributed by atoms with Crippen molar-refractivity contribution in [2.45, 2.75) is 45.3 Å². The zero-order valence-electron chi connectivity index (χ0n) is 20.4. The number of aryl methyl sites for hydroxylation is 1. The van der Waals surface area contributed by atoms with Crippen molar-refractivity contribution in [3.8, 4) is 28.4 Å². The largest absolute Gasteiger partial charge is 0.508 e. The van der Waals surface area contributed by atoms with Gasteiger partial charge in [0.25, 0.3) is 0 Å². The van der Waals surface area contributed by atoms with E-state index in [1.54, 1.807) is 28.9 Å². The Hall–Kier alpha value is -3.49. The number of aromatic hydroxyl groups is 1. The van der Waals surface area contributed by atoms with E-state index in [1.165, 1.54) is 5.57 Å². The molecule has 1 saturated heterocycles. The molecule has 0 bridgehead atoms. The van der Waals surface area contributed by atoms with Gasteiger partial charge in [-0.3, -0.25) is 0 Å². The van der Waals surface area contributed by atoms with Crippen LogP contribution in [0.15, 0.2) is 42.6 Å². The summed E-state index contributed by atoms with van der Waals surface area (Å²) < 4.78 is 24.1. The first-order chi connectivity index (χ1) is 17.6. The number of nitrogens with one attached hydrogen (secondary N) is 2. The van der Waals surface area contributed by atoms with Gasteiger partial charge in [-0.05, 0) is 73.5 Å². The second-order valence-corrected chi connectivity index (χ2v) is 9.45. The molecular formula is C28H30FN5O2. The van der Waals surface area contributed by atoms with E-state index < -0.39 is 0 Å². The van der Waals surface area contributed by atoms with E-state index >= 15 is 4.39 Å². The second-order valence-electron chi connectivity index (χ2n) is 9.45. The van der Waals surface area contributed by atoms with E-state index in [-0.39, 0.29) is 17.8 Å². The highest BCUT2D eigenvalue weighted by atomic mass is 19.1. The molecule has 0 spiro atoms. The fourth-order valence-electron chi connectivity index (χ4n) is 5.30. The fourth-order valence-corrected chi connectivity index (χ4v) is 5.30. The van der Waals surface area contributed by atoms with Crippen LogP contribution < -0.4 is 5.32 Å². The van der Waals surface area contributed by atoms with E-state index in [4.69, 9.17) is 14.8 Å². The van der Waals surface area contributed by atoms with Crippen molar-refractivity contribution in [1.82, 2.24) is 25.1 Å². The first-order valence-corrected chi connectivity index (χ1v) is 12.7. The summed E-state index contributed by atoms with van der Waals surface area (Å²) in [6.07, 6.45) is 8.11. The molecule has 7 nitrogen and oxygen atoms in total. The minimum Gasteiger partial charge on any atom is -0.508 e. The van der Waals surface area contributed by atoms with Crippen molar-refractivity contribution in [1.29, 1.82) is 0 Å². The van der Waals surface area contributed by atoms with Crippen molar-refractivity contribution in [2.75, 3.05) is 19.7 Å². The minimum absolute atomic E-state index is 0.178. The molecule has 4 heterocycles. The zero-order valence-corrected chi connectivity index (χ0v) is 20.4. The molecule has 1 fully saturated rings. The van der Waals surface area contributed by atoms with Crippen LogP contribution in [-0.4, -0.2) is 44.6 Å². The highest BCUT2D eigenvalue weighted by Gasteiger charge is 2.27. The second kappa shape index (κ2) is 9.52. The number of aromatic amines is 1. The lowest BCUT2D eigenvalue weighted by Gasteiger charge is -2.23. The number of hydrogen-bond acceptors (Lipinski definition) is 5. The van der Waals surface area contributed by atoms with Crippen LogP contribution in [0.4, 0.5) is 4.39 Å². The SMILES string of the molecule is CCc1cc(O)ccc1-c1ccc2c(-c3nc(C4=CCNCC4)c[nH]3)nn(C3CCCCO3)c2c1F. The normalized spacial score (nSPS) is 18.5. The monoisotopic (exact) mass is 487 g/mol. The maximum Gasteiger partial charge on any atom is 0.159 e. The van der Waals surface area contributed by atoms with Gasteiger partial charge in [-0.15, -0.1) is 0 Å². The molecule has 2 aliphatic rings. The Morgan fingerprint density at radius 3 is 2.86 bits per heavy atom. The van der Waals surface area contributed by atoms with Gasteiger partial charge in [0.15, 0.2) is 17.9 Å². The molecule has 0 radical (unpaired) electrons. The summed E-state index contributed by atoms with van der Waals surface area (Å²) >= 11 is 0. The van der Waals surface area contributed by atoms with Crippen LogP contribution in [0, 0.1) is 5.82 Å². The average Bonchev–Trinajstić information content (AvgIpc) is 3.56. The zero-order chi connectivity index (χ0) is 24.6. The molecule has 3 N–H and O–H groups in total. The van der Waals surface area contributed by atoms with Gasteiger partial charge in [0.1, 0.15) is 17.0 Å². The van der Waals surface area contributed by atoms with Gasteiger partial charge in [0, 0.05) is 30.3 Å². The molecule has 2 aromatic heterocycles. The summed E-state index contributed by atoms with van der Waals surface area (Å²) in [5.41, 5.74) is 5.28. The number of imidazole rings is 1. The Morgan fingerprint density at radius 2 is 2.08 bits per heavy atom. The summed E-state index contributed by atoms with van der Waals surface area (Å²) in [6, 6.07) is 8.81. The van der Waals surface area contributed by atoms with Crippen LogP contribution in [0.2, 0.25) is 0 Å². The number of fused-ring (bicyclic) bond motifs is 1. The summed E-state index contributed by atoms with van der Waals surface area (Å²) in [6.45, 7) is 4.39. The molecule has 0 aliphatic carbocycles. The lowest BCUT2D eigenvalue weighted by Crippen LogP contribution is -2.20. The Labute approximate surface area is 209 Å². The summed E-state index contributed by atoms with van der Waals surface area (Å²) in [5.74, 6) is 0.459. The van der Waals surface area contributed by atoms with Crippen molar-refractivity contribution >= 4 is 16.5 Å². The summed E-state index contributed by atoms with van der Waals surface area (Å²) in [5, 5.41) is 18.9. The molecule has 0 saturated carbocycles. The molecule has 1 unspecified atom stereocenters. The van der Waals surface area contributed by atoms with E-state index in [0.29, 0.717) is 41.0 Å². The number of aromatic nitrogens is 4. The van der Waals surface area contributed by atoms with Crippen molar-refractivity contribution in [2.24, 2.45) is 0 Å². The topological polar surface area (TPSA) is 88.0 Å². The lowest BCUT2D eigenvalue weighted by molar-refractivity contribution is -0.0368. The molecule has 0 amide bonds. The van der Waals surface area contributed by atoms with E-state index in [9.17, 15) is 5.11 Å². The quantitative estimate of drug-likeness (QED) is 0.342. The van der Waals surface area contributed by atoms with Gasteiger partial charge in [0.2, 0.25) is 0 Å². The minimum atomic E-state index is -0.339. The Balaban J connectivity index is 1.52. The Morgan fingerprint density at radius 1 is 1.19 bits per heavy atom. The van der Waals surface area contributed by atoms with Crippen LogP contribution in [0.3, 0.4) is 0 Å². The Bertz CT molecular complexity index is 1450. The standard InChI is InChI=1S/C28H30FN5O2/c1-2-17-15-19(35)6-7-20(17)21-8-9-22-26(28-31-16-23(32-28)18-10-12-30-13-11-18)33-34(27(22)25(21)29)24-5-3-4-14-36-24/h6-10,15-16,24,30,35H,2-5,11-14H2,1H3,(H,31,32). The third kappa shape index (κ3) is 4.00. The van der Waals surface area contributed by atoms with Gasteiger partial charge in [0.05, 0.1) is 5.69 Å². The van der Waals surface area contributed by atoms with Gasteiger partial charge in [-0.1, -0.05) is 25.1 Å². The number of phenols is 1. The number of nitrogens with zero attached hydrogens (tertiary/aromatic N) is 3. The fraction of sp³-hybridized carbons (Fsp3) is 0.357. The third-order valence-electron chi connectivity index (χ3n) is 7.19. The molecule has 1 atom stereocenters. The van der Waals surface area contributed by atoms with Crippen LogP contribution in [-0.2, 0) is 11.2 Å². The number of hydrogen-bond donors (Lipinski definition) is 3. The highest BCUT2D eigenvalue weighted by Crippen LogP contribution is 2.38. The lowest BCUT2D eigenvalue weighted by atomic mass is 9.96. The van der Waals surface area contributed by atoms with Gasteiger partial charge in [-0.25, -0.2) is 14.1 Å². The van der Waals surface area contributed by atoms with Gasteiger partial charge >= 0.3 is 0 Å². The molecule has 2 aromatic carbocycles. The number of phenolic OH excluding ortho intramolecular Hbond substituents is 1. The molecule has 6 rings (SSSR count). The molecule has 8 heteroatoms. The van der Waals surface area contributed by atoms with Crippen LogP contribution >= 0.6 is 0 Å². The van der Waals surface area contributed by atoms with Crippen molar-refractivity contribution in [3.05, 3.63) is 59.7 Å². The predicted molar refractivity (Wildman–Crippen MR) is 138 cm³/mol. The third-order valence-corrected chi connectivity index (χ3v) is 7.19. The van der Waals surface area contributed by atoms with E-state index in [0.717, 1.165) is 55.6 Å². The highest BCUT2D eigenvalue weighted by molar-refractivity contribution is 5.95. The average molecular weight is 488 g/mol. The number of ether oxygens (including phenoxy) is 1. The van der Waals surface area contributed by atoms with Gasteiger partial charge < -0.3 is 20.1 Å². The van der Waals surface area contributed by atoms with Crippen molar-refractivity contribution in [3.63, 3.8) is 0 Å². The first kappa shape index (κ1) is 22.9. The maximum absolute atomic E-state index is 16.4. The van der Waals surface area contributed by atoms with E-state index in [1.807, 2.05) is 19.2 Å². The first-order valence-electron chi connectivity index (χ1n) is 12.7. The van der Waals surface area contributed by atoms with Crippen LogP contribution in [0.1, 0.15) is 50.1 Å². The number of rotatable bonds is 5. The summed E-state index contributed by atoms with van der Waals surface area (Å²) in [4.78, 5) is 8.12. The van der Waals surface area contributed by atoms with E-state index in [2.05, 4.69) is 16.4 Å². The smallest absolute Gasteiger partial charge is 0.159 e. The molecular weight excluding hydrogens is 457 g/mol. The number of H-pyrrole nitrogens is 1. The molecule has 2 aliphatic heterocycles. The van der Waals surface area contributed by atoms with Crippen molar-refractivity contribution < 1.29 is 14.2 Å². The van der Waals surface area contributed by atoms with Crippen LogP contribution in [0.25, 0.3) is 39.1 Å². The summed E-state index contributed by atoms with van der Waals surface area (Å²) in [7, 11) is 0. The predicted octanol–water partition coefficient (Wildman–Crippen LogP) is 5.58. The Kier molecular flexibility index (Phi) is 6.07. The number of benzene rings is 2. The van der Waals surface area contributed by atoms with Gasteiger partial charge in [-0.2, -0.15) is 5.10 Å². The molecule has 186 valence electrons. The maximum atomic E-state index is 16.4. The van der Waals surface area contributed by atoms with Crippen LogP contribution in [0.5, 0.6) is 5.75 Å².